The molecule has 0 radical (unpaired) electrons. The van der Waals surface area contributed by atoms with Crippen molar-refractivity contribution in [2.24, 2.45) is 0 Å². The number of amides is 3. The summed E-state index contributed by atoms with van der Waals surface area (Å²) in [5.74, 6) is 0.944. The summed E-state index contributed by atoms with van der Waals surface area (Å²) in [4.78, 5) is 35.3. The average Bonchev–Trinajstić information content (AvgIpc) is 3.31. The first kappa shape index (κ1) is 24.0. The molecule has 1 fully saturated rings. The smallest absolute Gasteiger partial charge is 0.331 e. The van der Waals surface area contributed by atoms with Crippen LogP contribution in [-0.4, -0.2) is 51.2 Å². The Morgan fingerprint density at radius 3 is 2.89 bits per heavy atom. The number of thiophene rings is 1. The Kier molecular flexibility index (Phi) is 6.44. The fraction of sp³-hybridized carbons (Fsp3) is 0.222. The number of hydrogen-bond acceptors (Lipinski definition) is 8. The largest absolute Gasteiger partial charge is 0.438 e. The number of rotatable bonds is 7. The average molecular weight is 528 g/mol. The number of hydrogen-bond donors (Lipinski definition) is 2. The number of carbonyl (C=O) groups is 2. The zero-order valence-electron chi connectivity index (χ0n) is 20.5. The normalized spacial score (nSPS) is 16.8. The summed E-state index contributed by atoms with van der Waals surface area (Å²) in [7, 11) is 0. The summed E-state index contributed by atoms with van der Waals surface area (Å²) in [5.41, 5.74) is 2.27. The highest BCUT2D eigenvalue weighted by Crippen LogP contribution is 2.45. The standard InChI is InChI=1S/C27H25N7O3S/c1-2-23(35)33-14-4-5-17(16-33)29-15-21-25-24-20(11-13-28-26(24)38-21)34(27(36)31-25)18-7-9-19(10-8-18)37-22-6-3-12-30-32-22/h2-3,6-13,17,29H,1,4-5,14-16H2,(H,31,36)/t17-/m1/s1. The number of benzene rings is 1. The van der Waals surface area contributed by atoms with Crippen LogP contribution in [-0.2, 0) is 11.3 Å². The molecule has 0 spiro atoms. The first-order valence-electron chi connectivity index (χ1n) is 12.3. The molecule has 2 aliphatic heterocycles. The Hall–Kier alpha value is -4.35. The molecule has 1 aromatic carbocycles. The van der Waals surface area contributed by atoms with Gasteiger partial charge in [0.15, 0.2) is 0 Å². The molecule has 2 aliphatic rings. The summed E-state index contributed by atoms with van der Waals surface area (Å²) in [6, 6.07) is 12.5. The maximum absolute atomic E-state index is 13.4. The van der Waals surface area contributed by atoms with E-state index in [1.807, 2.05) is 23.1 Å². The van der Waals surface area contributed by atoms with Crippen LogP contribution >= 0.6 is 11.3 Å². The number of urea groups is 1. The molecule has 1 atom stereocenters. The van der Waals surface area contributed by atoms with Crippen LogP contribution in [0.25, 0.3) is 10.2 Å². The number of aromatic nitrogens is 3. The third-order valence-electron chi connectivity index (χ3n) is 6.64. The first-order chi connectivity index (χ1) is 18.6. The van der Waals surface area contributed by atoms with Crippen molar-refractivity contribution in [1.29, 1.82) is 0 Å². The predicted octanol–water partition coefficient (Wildman–Crippen LogP) is 4.83. The lowest BCUT2D eigenvalue weighted by Gasteiger charge is -2.33. The van der Waals surface area contributed by atoms with Gasteiger partial charge in [0.25, 0.3) is 0 Å². The minimum atomic E-state index is -0.243. The maximum atomic E-state index is 13.4. The van der Waals surface area contributed by atoms with E-state index in [1.54, 1.807) is 52.9 Å². The predicted molar refractivity (Wildman–Crippen MR) is 146 cm³/mol. The van der Waals surface area contributed by atoms with E-state index in [1.165, 1.54) is 6.08 Å². The molecule has 1 saturated heterocycles. The van der Waals surface area contributed by atoms with Gasteiger partial charge >= 0.3 is 6.03 Å². The van der Waals surface area contributed by atoms with Gasteiger partial charge in [-0.2, -0.15) is 5.10 Å². The van der Waals surface area contributed by atoms with Crippen LogP contribution in [0.15, 0.2) is 67.5 Å². The van der Waals surface area contributed by atoms with Crippen LogP contribution in [0.4, 0.5) is 21.9 Å². The van der Waals surface area contributed by atoms with E-state index in [0.717, 1.165) is 45.9 Å². The molecule has 2 N–H and O–H groups in total. The van der Waals surface area contributed by atoms with Crippen LogP contribution < -0.4 is 20.3 Å². The van der Waals surface area contributed by atoms with E-state index >= 15 is 0 Å². The summed E-state index contributed by atoms with van der Waals surface area (Å²) >= 11 is 1.56. The SMILES string of the molecule is C=CC(=O)N1CCC[C@@H](NCc2sc3nccc4c3c2NC(=O)N4c2ccc(Oc3cccnn3)cc2)C1. The summed E-state index contributed by atoms with van der Waals surface area (Å²) < 4.78 is 5.73. The molecule has 10 nitrogen and oxygen atoms in total. The topological polar surface area (TPSA) is 113 Å². The van der Waals surface area contributed by atoms with E-state index in [9.17, 15) is 9.59 Å². The molecule has 3 aromatic heterocycles. The third kappa shape index (κ3) is 4.57. The van der Waals surface area contributed by atoms with E-state index in [-0.39, 0.29) is 18.0 Å². The van der Waals surface area contributed by atoms with Gasteiger partial charge in [-0.3, -0.25) is 9.69 Å². The number of anilines is 3. The molecular weight excluding hydrogens is 502 g/mol. The molecule has 4 aromatic rings. The van der Waals surface area contributed by atoms with Crippen molar-refractivity contribution in [2.45, 2.75) is 25.4 Å². The number of piperidine rings is 1. The van der Waals surface area contributed by atoms with Crippen LogP contribution in [0.2, 0.25) is 0 Å². The monoisotopic (exact) mass is 527 g/mol. The first-order valence-corrected chi connectivity index (χ1v) is 13.1. The Bertz CT molecular complexity index is 1510. The van der Waals surface area contributed by atoms with Gasteiger partial charge in [0.1, 0.15) is 10.6 Å². The Labute approximate surface area is 222 Å². The Morgan fingerprint density at radius 1 is 1.24 bits per heavy atom. The van der Waals surface area contributed by atoms with Crippen LogP contribution in [0.5, 0.6) is 11.6 Å². The highest BCUT2D eigenvalue weighted by Gasteiger charge is 2.31. The molecular formula is C27H25N7O3S. The lowest BCUT2D eigenvalue weighted by Crippen LogP contribution is -2.47. The number of ether oxygens (including phenoxy) is 1. The minimum Gasteiger partial charge on any atom is -0.438 e. The van der Waals surface area contributed by atoms with E-state index in [4.69, 9.17) is 4.74 Å². The number of carbonyl (C=O) groups excluding carboxylic acids is 2. The molecule has 11 heteroatoms. The third-order valence-corrected chi connectivity index (χ3v) is 7.74. The second-order valence-electron chi connectivity index (χ2n) is 9.04. The van der Waals surface area contributed by atoms with Crippen LogP contribution in [0, 0.1) is 0 Å². The van der Waals surface area contributed by atoms with Crippen molar-refractivity contribution in [3.05, 3.63) is 72.4 Å². The minimum absolute atomic E-state index is 0.0389. The van der Waals surface area contributed by atoms with Crippen molar-refractivity contribution in [1.82, 2.24) is 25.4 Å². The van der Waals surface area contributed by atoms with Crippen molar-refractivity contribution in [3.63, 3.8) is 0 Å². The molecule has 0 saturated carbocycles. The highest BCUT2D eigenvalue weighted by molar-refractivity contribution is 7.19. The summed E-state index contributed by atoms with van der Waals surface area (Å²) in [6.45, 7) is 5.57. The van der Waals surface area contributed by atoms with Gasteiger partial charge in [0.2, 0.25) is 11.8 Å². The van der Waals surface area contributed by atoms with Gasteiger partial charge in [-0.25, -0.2) is 9.78 Å². The molecule has 0 bridgehead atoms. The van der Waals surface area contributed by atoms with Gasteiger partial charge < -0.3 is 20.3 Å². The fourth-order valence-corrected chi connectivity index (χ4v) is 5.93. The number of likely N-dealkylation sites (tertiary alicyclic amines) is 1. The van der Waals surface area contributed by atoms with Crippen molar-refractivity contribution in [3.8, 4) is 11.6 Å². The van der Waals surface area contributed by atoms with E-state index < -0.39 is 0 Å². The van der Waals surface area contributed by atoms with Gasteiger partial charge in [-0.05, 0) is 55.3 Å². The second-order valence-corrected chi connectivity index (χ2v) is 10.1. The van der Waals surface area contributed by atoms with Crippen LogP contribution in [0.1, 0.15) is 17.7 Å². The summed E-state index contributed by atoms with van der Waals surface area (Å²) in [6.07, 6.45) is 6.60. The van der Waals surface area contributed by atoms with Crippen LogP contribution in [0.3, 0.4) is 0 Å². The van der Waals surface area contributed by atoms with Crippen molar-refractivity contribution in [2.75, 3.05) is 23.3 Å². The zero-order valence-corrected chi connectivity index (χ0v) is 21.3. The lowest BCUT2D eigenvalue weighted by molar-refractivity contribution is -0.127. The van der Waals surface area contributed by atoms with Gasteiger partial charge in [-0.1, -0.05) is 6.58 Å². The van der Waals surface area contributed by atoms with Gasteiger partial charge in [0, 0.05) is 49.0 Å². The quantitative estimate of drug-likeness (QED) is 0.331. The highest BCUT2D eigenvalue weighted by atomic mass is 32.1. The second kappa shape index (κ2) is 10.2. The fourth-order valence-electron chi connectivity index (χ4n) is 4.86. The van der Waals surface area contributed by atoms with Crippen molar-refractivity contribution < 1.29 is 14.3 Å². The Morgan fingerprint density at radius 2 is 2.11 bits per heavy atom. The molecule has 3 amide bonds. The van der Waals surface area contributed by atoms with Crippen molar-refractivity contribution >= 4 is 50.6 Å². The van der Waals surface area contributed by atoms with Gasteiger partial charge in [-0.15, -0.1) is 16.4 Å². The maximum Gasteiger partial charge on any atom is 0.331 e. The number of nitrogens with zero attached hydrogens (tertiary/aromatic N) is 5. The number of pyridine rings is 1. The molecule has 192 valence electrons. The van der Waals surface area contributed by atoms with Gasteiger partial charge in [0.05, 0.1) is 22.4 Å². The molecule has 0 unspecified atom stereocenters. The summed E-state index contributed by atoms with van der Waals surface area (Å²) in [5, 5.41) is 15.3. The zero-order chi connectivity index (χ0) is 26.1. The molecule has 6 rings (SSSR count). The van der Waals surface area contributed by atoms with E-state index in [2.05, 4.69) is 32.4 Å². The molecule has 5 heterocycles. The van der Waals surface area contributed by atoms with E-state index in [0.29, 0.717) is 30.4 Å². The molecule has 38 heavy (non-hydrogen) atoms. The lowest BCUT2D eigenvalue weighted by atomic mass is 10.1. The Balaban J connectivity index is 1.23. The number of nitrogens with one attached hydrogen (secondary N) is 2. The molecule has 0 aliphatic carbocycles.